The van der Waals surface area contributed by atoms with Gasteiger partial charge in [-0.25, -0.2) is 0 Å². The molecule has 0 bridgehead atoms. The Morgan fingerprint density at radius 2 is 1.36 bits per heavy atom. The summed E-state index contributed by atoms with van der Waals surface area (Å²) in [5, 5.41) is 0. The third-order valence-electron chi connectivity index (χ3n) is 8.47. The molecule has 0 amide bonds. The molecule has 36 heavy (non-hydrogen) atoms. The van der Waals surface area contributed by atoms with Crippen LogP contribution in [0.25, 0.3) is 0 Å². The van der Waals surface area contributed by atoms with Gasteiger partial charge < -0.3 is 14.5 Å². The van der Waals surface area contributed by atoms with E-state index in [4.69, 9.17) is 4.74 Å². The lowest BCUT2D eigenvalue weighted by atomic mass is 9.86. The third-order valence-corrected chi connectivity index (χ3v) is 8.47. The first-order valence-electron chi connectivity index (χ1n) is 13.2. The summed E-state index contributed by atoms with van der Waals surface area (Å²) < 4.78 is 45.6. The SMILES string of the molecule is Cc1c(C)c(N2CCN(c3ccc(C(F)(F)F)cc3)CC2)c(C)c2c1OC(C)(C)C2N1CCCCC1. The highest BCUT2D eigenvalue weighted by Crippen LogP contribution is 2.53. The number of alkyl halides is 3. The second kappa shape index (κ2) is 9.16. The maximum atomic E-state index is 13.0. The molecule has 0 N–H and O–H groups in total. The molecular weight excluding hydrogens is 463 g/mol. The number of piperazine rings is 1. The van der Waals surface area contributed by atoms with Crippen LogP contribution in [0.5, 0.6) is 5.75 Å². The zero-order chi connectivity index (χ0) is 25.8. The van der Waals surface area contributed by atoms with E-state index >= 15 is 0 Å². The molecule has 196 valence electrons. The van der Waals surface area contributed by atoms with Gasteiger partial charge >= 0.3 is 6.18 Å². The van der Waals surface area contributed by atoms with E-state index in [1.54, 1.807) is 12.1 Å². The minimum atomic E-state index is -4.30. The van der Waals surface area contributed by atoms with Crippen LogP contribution in [0.15, 0.2) is 24.3 Å². The third kappa shape index (κ3) is 4.33. The average molecular weight is 502 g/mol. The predicted molar refractivity (Wildman–Crippen MR) is 139 cm³/mol. The molecule has 5 rings (SSSR count). The Kier molecular flexibility index (Phi) is 6.42. The van der Waals surface area contributed by atoms with E-state index in [9.17, 15) is 13.2 Å². The van der Waals surface area contributed by atoms with Gasteiger partial charge in [-0.3, -0.25) is 4.90 Å². The number of anilines is 2. The van der Waals surface area contributed by atoms with Gasteiger partial charge in [0.15, 0.2) is 0 Å². The standard InChI is InChI=1S/C29H38F3N3O/c1-19-20(2)26-24(27(28(4,5)36-26)35-13-7-6-8-14-35)21(3)25(19)34-17-15-33(16-18-34)23-11-9-22(10-12-23)29(30,31)32/h9-12,27H,6-8,13-18H2,1-5H3. The molecule has 2 aromatic rings. The highest BCUT2D eigenvalue weighted by Gasteiger charge is 2.47. The molecular formula is C29H38F3N3O. The lowest BCUT2D eigenvalue weighted by Crippen LogP contribution is -2.47. The zero-order valence-corrected chi connectivity index (χ0v) is 22.1. The molecule has 3 aliphatic heterocycles. The molecule has 1 unspecified atom stereocenters. The van der Waals surface area contributed by atoms with Crippen LogP contribution in [-0.2, 0) is 6.18 Å². The molecule has 0 aromatic heterocycles. The average Bonchev–Trinajstić information content (AvgIpc) is 3.14. The van der Waals surface area contributed by atoms with E-state index in [1.165, 1.54) is 59.3 Å². The summed E-state index contributed by atoms with van der Waals surface area (Å²) in [6.45, 7) is 16.5. The van der Waals surface area contributed by atoms with Crippen molar-refractivity contribution in [3.63, 3.8) is 0 Å². The smallest absolute Gasteiger partial charge is 0.416 e. The lowest BCUT2D eigenvalue weighted by Gasteiger charge is -2.41. The molecule has 0 saturated carbocycles. The fourth-order valence-electron chi connectivity index (χ4n) is 6.58. The molecule has 1 atom stereocenters. The number of hydrogen-bond donors (Lipinski definition) is 0. The molecule has 4 nitrogen and oxygen atoms in total. The van der Waals surface area contributed by atoms with Crippen LogP contribution in [0.3, 0.4) is 0 Å². The van der Waals surface area contributed by atoms with E-state index < -0.39 is 11.7 Å². The molecule has 0 radical (unpaired) electrons. The van der Waals surface area contributed by atoms with Gasteiger partial charge in [-0.05, 0) is 102 Å². The quantitative estimate of drug-likeness (QED) is 0.468. The highest BCUT2D eigenvalue weighted by atomic mass is 19.4. The Bertz CT molecular complexity index is 1110. The summed E-state index contributed by atoms with van der Waals surface area (Å²) >= 11 is 0. The summed E-state index contributed by atoms with van der Waals surface area (Å²) in [4.78, 5) is 7.28. The fourth-order valence-corrected chi connectivity index (χ4v) is 6.58. The van der Waals surface area contributed by atoms with Crippen molar-refractivity contribution in [1.82, 2.24) is 4.90 Å². The normalized spacial score (nSPS) is 22.5. The van der Waals surface area contributed by atoms with Gasteiger partial charge in [-0.1, -0.05) is 6.42 Å². The number of likely N-dealkylation sites (tertiary alicyclic amines) is 1. The topological polar surface area (TPSA) is 19.0 Å². The summed E-state index contributed by atoms with van der Waals surface area (Å²) in [5.41, 5.74) is 6.44. The molecule has 2 fully saturated rings. The Balaban J connectivity index is 1.41. The van der Waals surface area contributed by atoms with Crippen molar-refractivity contribution < 1.29 is 17.9 Å². The summed E-state index contributed by atoms with van der Waals surface area (Å²) in [7, 11) is 0. The number of hydrogen-bond acceptors (Lipinski definition) is 4. The first-order chi connectivity index (χ1) is 17.0. The van der Waals surface area contributed by atoms with Crippen molar-refractivity contribution >= 4 is 11.4 Å². The maximum absolute atomic E-state index is 13.0. The highest BCUT2D eigenvalue weighted by molar-refractivity contribution is 5.71. The Labute approximate surface area is 213 Å². The number of halogens is 3. The van der Waals surface area contributed by atoms with Crippen LogP contribution in [0.1, 0.15) is 67.0 Å². The molecule has 3 aliphatic rings. The monoisotopic (exact) mass is 501 g/mol. The van der Waals surface area contributed by atoms with Crippen LogP contribution < -0.4 is 14.5 Å². The summed E-state index contributed by atoms with van der Waals surface area (Å²) in [6, 6.07) is 5.80. The van der Waals surface area contributed by atoms with Gasteiger partial charge in [0.05, 0.1) is 11.6 Å². The van der Waals surface area contributed by atoms with E-state index in [-0.39, 0.29) is 11.6 Å². The van der Waals surface area contributed by atoms with Crippen LogP contribution >= 0.6 is 0 Å². The molecule has 0 spiro atoms. The number of ether oxygens (including phenoxy) is 1. The first-order valence-corrected chi connectivity index (χ1v) is 13.2. The van der Waals surface area contributed by atoms with Crippen molar-refractivity contribution in [3.8, 4) is 5.75 Å². The molecule has 2 saturated heterocycles. The number of rotatable bonds is 3. The minimum Gasteiger partial charge on any atom is -0.485 e. The second-order valence-corrected chi connectivity index (χ2v) is 11.2. The van der Waals surface area contributed by atoms with Crippen LogP contribution in [0, 0.1) is 20.8 Å². The molecule has 3 heterocycles. The van der Waals surface area contributed by atoms with Crippen molar-refractivity contribution in [2.24, 2.45) is 0 Å². The number of benzene rings is 2. The second-order valence-electron chi connectivity index (χ2n) is 11.2. The van der Waals surface area contributed by atoms with Crippen LogP contribution in [0.2, 0.25) is 0 Å². The predicted octanol–water partition coefficient (Wildman–Crippen LogP) is 6.66. The van der Waals surface area contributed by atoms with Gasteiger partial charge in [-0.15, -0.1) is 0 Å². The van der Waals surface area contributed by atoms with Crippen molar-refractivity contribution in [3.05, 3.63) is 52.1 Å². The van der Waals surface area contributed by atoms with E-state index in [2.05, 4.69) is 49.3 Å². The Hall–Kier alpha value is -2.41. The first kappa shape index (κ1) is 25.2. The van der Waals surface area contributed by atoms with Gasteiger partial charge in [0, 0.05) is 43.1 Å². The maximum Gasteiger partial charge on any atom is 0.416 e. The zero-order valence-electron chi connectivity index (χ0n) is 22.1. The Morgan fingerprint density at radius 1 is 0.778 bits per heavy atom. The largest absolute Gasteiger partial charge is 0.485 e. The van der Waals surface area contributed by atoms with Crippen LogP contribution in [0.4, 0.5) is 24.5 Å². The fraction of sp³-hybridized carbons (Fsp3) is 0.586. The summed E-state index contributed by atoms with van der Waals surface area (Å²) in [5.74, 6) is 1.07. The number of nitrogens with zero attached hydrogens (tertiary/aromatic N) is 3. The van der Waals surface area contributed by atoms with Crippen molar-refractivity contribution in [1.29, 1.82) is 0 Å². The Morgan fingerprint density at radius 3 is 1.94 bits per heavy atom. The van der Waals surface area contributed by atoms with Crippen molar-refractivity contribution in [2.45, 2.75) is 71.7 Å². The van der Waals surface area contributed by atoms with E-state index in [1.807, 2.05) is 0 Å². The van der Waals surface area contributed by atoms with Crippen molar-refractivity contribution in [2.75, 3.05) is 49.1 Å². The molecule has 2 aromatic carbocycles. The number of piperidine rings is 1. The van der Waals surface area contributed by atoms with Gasteiger partial charge in [-0.2, -0.15) is 13.2 Å². The van der Waals surface area contributed by atoms with E-state index in [0.29, 0.717) is 0 Å². The minimum absolute atomic E-state index is 0.249. The summed E-state index contributed by atoms with van der Waals surface area (Å²) in [6.07, 6.45) is -0.519. The number of fused-ring (bicyclic) bond motifs is 1. The van der Waals surface area contributed by atoms with Gasteiger partial charge in [0.25, 0.3) is 0 Å². The van der Waals surface area contributed by atoms with Gasteiger partial charge in [0.1, 0.15) is 11.4 Å². The van der Waals surface area contributed by atoms with Crippen LogP contribution in [-0.4, -0.2) is 49.8 Å². The lowest BCUT2D eigenvalue weighted by molar-refractivity contribution is -0.137. The van der Waals surface area contributed by atoms with Gasteiger partial charge in [0.2, 0.25) is 0 Å². The molecule has 7 heteroatoms. The molecule has 0 aliphatic carbocycles. The van der Waals surface area contributed by atoms with E-state index in [0.717, 1.165) is 50.7 Å².